The van der Waals surface area contributed by atoms with Crippen LogP contribution in [0.3, 0.4) is 0 Å². The fraction of sp³-hybridized carbons (Fsp3) is 0.417. The van der Waals surface area contributed by atoms with E-state index >= 15 is 0 Å². The van der Waals surface area contributed by atoms with Gasteiger partial charge in [0.2, 0.25) is 5.91 Å². The number of fused-ring (bicyclic) bond motifs is 2. The predicted molar refractivity (Wildman–Crippen MR) is 148 cm³/mol. The lowest BCUT2D eigenvalue weighted by atomic mass is 10.1. The quantitative estimate of drug-likeness (QED) is 0.335. The molecule has 4 rings (SSSR count). The van der Waals surface area contributed by atoms with Crippen LogP contribution in [-0.2, 0) is 38.4 Å². The van der Waals surface area contributed by atoms with E-state index in [1.54, 1.807) is 14.0 Å². The number of aromatic nitrogens is 1. The maximum Gasteiger partial charge on any atom is 0.341 e. The van der Waals surface area contributed by atoms with Gasteiger partial charge in [0.1, 0.15) is 5.00 Å². The summed E-state index contributed by atoms with van der Waals surface area (Å²) in [6.45, 7) is 3.12. The van der Waals surface area contributed by atoms with Crippen molar-refractivity contribution in [3.63, 3.8) is 0 Å². The van der Waals surface area contributed by atoms with Crippen molar-refractivity contribution in [3.8, 4) is 0 Å². The Kier molecular flexibility index (Phi) is 9.40. The Bertz CT molecular complexity index is 1360. The molecule has 3 aromatic rings. The number of methoxy groups -OCH3 is 1. The second-order valence-corrected chi connectivity index (χ2v) is 12.0. The van der Waals surface area contributed by atoms with Gasteiger partial charge >= 0.3 is 5.97 Å². The predicted octanol–water partition coefficient (Wildman–Crippen LogP) is 4.64. The minimum Gasteiger partial charge on any atom is -0.462 e. The molecular weight excluding hydrogens is 586 g/mol. The number of thiophene rings is 1. The van der Waals surface area contributed by atoms with Gasteiger partial charge in [-0.3, -0.25) is 9.59 Å². The van der Waals surface area contributed by atoms with Crippen molar-refractivity contribution in [2.75, 3.05) is 37.1 Å². The Hall–Kier alpha value is -1.99. The number of rotatable bonds is 10. The van der Waals surface area contributed by atoms with E-state index in [0.29, 0.717) is 28.5 Å². The number of aryl methyl sites for hydroxylation is 1. The van der Waals surface area contributed by atoms with Crippen molar-refractivity contribution >= 4 is 83.4 Å². The highest BCUT2D eigenvalue weighted by Gasteiger charge is 2.28. The molecule has 36 heavy (non-hydrogen) atoms. The first kappa shape index (κ1) is 27.1. The molecule has 2 heterocycles. The molecule has 8 nitrogen and oxygen atoms in total. The van der Waals surface area contributed by atoms with E-state index in [4.69, 9.17) is 9.47 Å². The number of nitrogens with one attached hydrogen (secondary N) is 1. The van der Waals surface area contributed by atoms with Crippen molar-refractivity contribution in [1.82, 2.24) is 4.57 Å². The number of carbonyl (C=O) groups excluding carboxylic acids is 3. The maximum atomic E-state index is 12.6. The molecule has 1 N–H and O–H groups in total. The molecule has 2 aromatic heterocycles. The highest BCUT2D eigenvalue weighted by Crippen LogP contribution is 2.39. The van der Waals surface area contributed by atoms with Gasteiger partial charge in [-0.1, -0.05) is 27.3 Å². The van der Waals surface area contributed by atoms with Crippen molar-refractivity contribution in [2.24, 2.45) is 4.99 Å². The summed E-state index contributed by atoms with van der Waals surface area (Å²) in [7, 11) is 1.63. The summed E-state index contributed by atoms with van der Waals surface area (Å²) in [6, 6.07) is 5.93. The zero-order valence-electron chi connectivity index (χ0n) is 19.9. The highest BCUT2D eigenvalue weighted by molar-refractivity contribution is 9.10. The van der Waals surface area contributed by atoms with Crippen LogP contribution >= 0.6 is 50.4 Å². The molecule has 12 heteroatoms. The van der Waals surface area contributed by atoms with Crippen molar-refractivity contribution in [1.29, 1.82) is 0 Å². The number of hydrogen-bond acceptors (Lipinski definition) is 8. The molecule has 1 aromatic carbocycles. The summed E-state index contributed by atoms with van der Waals surface area (Å²) in [5.41, 5.74) is 2.46. The van der Waals surface area contributed by atoms with Crippen LogP contribution in [0.4, 0.5) is 5.00 Å². The average Bonchev–Trinajstić information content (AvgIpc) is 3.50. The maximum absolute atomic E-state index is 12.6. The molecular formula is C24H26BrN3O5S3. The molecule has 0 aliphatic heterocycles. The summed E-state index contributed by atoms with van der Waals surface area (Å²) < 4.78 is 14.4. The number of carbonyl (C=O) groups is 3. The summed E-state index contributed by atoms with van der Waals surface area (Å²) in [4.78, 5) is 43.7. The third-order valence-electron chi connectivity index (χ3n) is 5.50. The van der Waals surface area contributed by atoms with Gasteiger partial charge in [-0.2, -0.15) is 4.99 Å². The minimum atomic E-state index is -0.397. The van der Waals surface area contributed by atoms with E-state index in [9.17, 15) is 14.4 Å². The Morgan fingerprint density at radius 2 is 2.06 bits per heavy atom. The topological polar surface area (TPSA) is 99.0 Å². The van der Waals surface area contributed by atoms with Gasteiger partial charge in [-0.15, -0.1) is 23.1 Å². The monoisotopic (exact) mass is 611 g/mol. The molecule has 1 aliphatic rings. The van der Waals surface area contributed by atoms with Crippen LogP contribution in [0.25, 0.3) is 10.2 Å². The Morgan fingerprint density at radius 3 is 2.83 bits per heavy atom. The number of esters is 1. The van der Waals surface area contributed by atoms with E-state index < -0.39 is 5.97 Å². The van der Waals surface area contributed by atoms with Crippen LogP contribution in [0.15, 0.2) is 27.7 Å². The smallest absolute Gasteiger partial charge is 0.341 e. The van der Waals surface area contributed by atoms with E-state index in [2.05, 4.69) is 26.2 Å². The van der Waals surface area contributed by atoms with Gasteiger partial charge < -0.3 is 19.4 Å². The molecule has 0 bridgehead atoms. The van der Waals surface area contributed by atoms with Crippen LogP contribution in [-0.4, -0.2) is 54.2 Å². The summed E-state index contributed by atoms with van der Waals surface area (Å²) in [5, 5.41) is 3.39. The van der Waals surface area contributed by atoms with Crippen LogP contribution < -0.4 is 10.1 Å². The summed E-state index contributed by atoms with van der Waals surface area (Å²) in [5.74, 6) is -0.825. The Balaban J connectivity index is 1.40. The van der Waals surface area contributed by atoms with E-state index in [1.807, 2.05) is 22.8 Å². The van der Waals surface area contributed by atoms with Gasteiger partial charge in [0, 0.05) is 23.0 Å². The average molecular weight is 613 g/mol. The third-order valence-corrected chi connectivity index (χ3v) is 9.16. The molecule has 0 saturated carbocycles. The lowest BCUT2D eigenvalue weighted by Crippen LogP contribution is -2.20. The second kappa shape index (κ2) is 12.5. The molecule has 0 saturated heterocycles. The normalized spacial score (nSPS) is 13.2. The van der Waals surface area contributed by atoms with Crippen LogP contribution in [0, 0.1) is 0 Å². The van der Waals surface area contributed by atoms with Gasteiger partial charge in [-0.05, 0) is 49.9 Å². The minimum absolute atomic E-state index is 0.0707. The zero-order valence-corrected chi connectivity index (χ0v) is 24.0. The van der Waals surface area contributed by atoms with Gasteiger partial charge in [-0.25, -0.2) is 4.79 Å². The molecule has 0 fully saturated rings. The first-order chi connectivity index (χ1) is 17.4. The van der Waals surface area contributed by atoms with Gasteiger partial charge in [0.15, 0.2) is 4.80 Å². The molecule has 0 radical (unpaired) electrons. The van der Waals surface area contributed by atoms with Crippen LogP contribution in [0.5, 0.6) is 0 Å². The number of amides is 2. The third kappa shape index (κ3) is 6.28. The fourth-order valence-corrected chi connectivity index (χ4v) is 7.49. The zero-order chi connectivity index (χ0) is 25.7. The first-order valence-electron chi connectivity index (χ1n) is 11.5. The highest BCUT2D eigenvalue weighted by atomic mass is 79.9. The lowest BCUT2D eigenvalue weighted by molar-refractivity contribution is -0.115. The fourth-order valence-electron chi connectivity index (χ4n) is 3.98. The lowest BCUT2D eigenvalue weighted by Gasteiger charge is -2.07. The number of hydrogen-bond donors (Lipinski definition) is 1. The number of ether oxygens (including phenoxy) is 2. The summed E-state index contributed by atoms with van der Waals surface area (Å²) >= 11 is 7.55. The molecule has 0 unspecified atom stereocenters. The summed E-state index contributed by atoms with van der Waals surface area (Å²) in [6.07, 6.45) is 2.73. The number of halogens is 1. The molecule has 2 amide bonds. The number of thioether (sulfide) groups is 1. The van der Waals surface area contributed by atoms with Gasteiger partial charge in [0.05, 0.1) is 40.5 Å². The van der Waals surface area contributed by atoms with E-state index in [0.717, 1.165) is 44.4 Å². The van der Waals surface area contributed by atoms with Crippen molar-refractivity contribution < 1.29 is 23.9 Å². The van der Waals surface area contributed by atoms with Crippen molar-refractivity contribution in [3.05, 3.63) is 43.5 Å². The SMILES string of the molecule is CCOC(=O)c1c(NC(=O)CSCC(=O)N=c2sc3cc(Br)ccc3n2CCOC)sc2c1CCC2. The van der Waals surface area contributed by atoms with Gasteiger partial charge in [0.25, 0.3) is 5.91 Å². The number of benzene rings is 1. The molecule has 1 aliphatic carbocycles. The van der Waals surface area contributed by atoms with Crippen LogP contribution in [0.2, 0.25) is 0 Å². The largest absolute Gasteiger partial charge is 0.462 e. The first-order valence-corrected chi connectivity index (χ1v) is 15.0. The van der Waals surface area contributed by atoms with Crippen LogP contribution in [0.1, 0.15) is 34.1 Å². The number of nitrogens with zero attached hydrogens (tertiary/aromatic N) is 2. The Morgan fingerprint density at radius 1 is 1.22 bits per heavy atom. The van der Waals surface area contributed by atoms with E-state index in [1.165, 1.54) is 34.4 Å². The standard InChI is InChI=1S/C24H26BrN3O5S3/c1-3-33-23(31)21-15-5-4-6-17(15)35-22(21)26-19(29)12-34-13-20(30)27-24-28(9-10-32-2)16-8-7-14(25)11-18(16)36-24/h7-8,11H,3-6,9-10,12-13H2,1-2H3,(H,26,29). The number of anilines is 1. The molecule has 0 spiro atoms. The van der Waals surface area contributed by atoms with Crippen molar-refractivity contribution in [2.45, 2.75) is 32.7 Å². The second-order valence-electron chi connectivity index (χ2n) is 7.97. The Labute approximate surface area is 229 Å². The molecule has 192 valence electrons. The van der Waals surface area contributed by atoms with E-state index in [-0.39, 0.29) is 29.9 Å². The number of thiazole rings is 1. The molecule has 0 atom stereocenters.